The molecule has 0 bridgehead atoms. The Morgan fingerprint density at radius 1 is 1.31 bits per heavy atom. The van der Waals surface area contributed by atoms with E-state index in [4.69, 9.17) is 0 Å². The number of rotatable bonds is 2. The molecule has 0 spiro atoms. The molecule has 2 aromatic heterocycles. The predicted molar refractivity (Wildman–Crippen MR) is 52.0 cm³/mol. The van der Waals surface area contributed by atoms with E-state index in [-0.39, 0.29) is 5.65 Å². The summed E-state index contributed by atoms with van der Waals surface area (Å²) in [6.45, 7) is 1.99. The molecule has 0 amide bonds. The molecule has 0 saturated heterocycles. The highest BCUT2D eigenvalue weighted by molar-refractivity contribution is 5.39. The predicted octanol–water partition coefficient (Wildman–Crippen LogP) is 2.70. The third-order valence-electron chi connectivity index (χ3n) is 2.17. The summed E-state index contributed by atoms with van der Waals surface area (Å²) in [6.07, 6.45) is -1.86. The lowest BCUT2D eigenvalue weighted by Gasteiger charge is -1.98. The van der Waals surface area contributed by atoms with Crippen LogP contribution in [0.5, 0.6) is 0 Å². The zero-order chi connectivity index (χ0) is 11.8. The second-order valence-corrected chi connectivity index (χ2v) is 3.50. The average molecular weight is 229 g/mol. The summed E-state index contributed by atoms with van der Waals surface area (Å²) in [7, 11) is 0. The van der Waals surface area contributed by atoms with Crippen molar-refractivity contribution in [1.82, 2.24) is 14.6 Å². The number of hydrogen-bond acceptors (Lipinski definition) is 2. The van der Waals surface area contributed by atoms with E-state index in [9.17, 15) is 13.2 Å². The zero-order valence-corrected chi connectivity index (χ0v) is 8.62. The lowest BCUT2D eigenvalue weighted by Crippen LogP contribution is -2.04. The van der Waals surface area contributed by atoms with Crippen molar-refractivity contribution >= 4 is 5.65 Å². The van der Waals surface area contributed by atoms with E-state index in [0.717, 1.165) is 24.7 Å². The average Bonchev–Trinajstić information content (AvgIpc) is 2.60. The molecule has 0 aromatic carbocycles. The molecule has 86 valence electrons. The van der Waals surface area contributed by atoms with Crippen LogP contribution in [-0.2, 0) is 12.6 Å². The number of halogens is 3. The molecule has 0 radical (unpaired) electrons. The second kappa shape index (κ2) is 3.77. The van der Waals surface area contributed by atoms with Gasteiger partial charge in [-0.25, -0.2) is 9.50 Å². The number of nitrogens with zero attached hydrogens (tertiary/aromatic N) is 3. The van der Waals surface area contributed by atoms with Gasteiger partial charge in [0.2, 0.25) is 0 Å². The maximum absolute atomic E-state index is 12.4. The minimum atomic E-state index is -4.42. The van der Waals surface area contributed by atoms with E-state index >= 15 is 0 Å². The molecule has 0 aliphatic heterocycles. The number of aromatic nitrogens is 3. The molecular weight excluding hydrogens is 219 g/mol. The second-order valence-electron chi connectivity index (χ2n) is 3.50. The molecule has 0 unspecified atom stereocenters. The van der Waals surface area contributed by atoms with Crippen molar-refractivity contribution in [3.8, 4) is 0 Å². The fourth-order valence-corrected chi connectivity index (χ4v) is 1.45. The summed E-state index contributed by atoms with van der Waals surface area (Å²) in [5, 5.41) is 4.05. The van der Waals surface area contributed by atoms with Crippen molar-refractivity contribution in [2.75, 3.05) is 0 Å². The maximum atomic E-state index is 12.4. The van der Waals surface area contributed by atoms with E-state index in [1.807, 2.05) is 6.92 Å². The summed E-state index contributed by atoms with van der Waals surface area (Å²) in [5.41, 5.74) is 0.0713. The van der Waals surface area contributed by atoms with Gasteiger partial charge in [0.25, 0.3) is 0 Å². The molecule has 6 heteroatoms. The molecule has 2 rings (SSSR count). The maximum Gasteiger partial charge on any atom is 0.434 e. The first kappa shape index (κ1) is 10.9. The summed E-state index contributed by atoms with van der Waals surface area (Å²) in [6, 6.07) is 3.25. The Labute approximate surface area is 89.9 Å². The van der Waals surface area contributed by atoms with Crippen LogP contribution in [0, 0.1) is 0 Å². The normalized spacial score (nSPS) is 12.2. The van der Waals surface area contributed by atoms with Crippen LogP contribution in [0.15, 0.2) is 18.3 Å². The summed E-state index contributed by atoms with van der Waals surface area (Å²) < 4.78 is 38.3. The topological polar surface area (TPSA) is 30.2 Å². The number of hydrogen-bond donors (Lipinski definition) is 0. The molecule has 2 aromatic rings. The molecule has 0 fully saturated rings. The van der Waals surface area contributed by atoms with Crippen LogP contribution in [0.25, 0.3) is 5.65 Å². The largest absolute Gasteiger partial charge is 0.434 e. The van der Waals surface area contributed by atoms with Gasteiger partial charge in [-0.05, 0) is 18.6 Å². The molecule has 0 saturated carbocycles. The highest BCUT2D eigenvalue weighted by atomic mass is 19.4. The van der Waals surface area contributed by atoms with Gasteiger partial charge < -0.3 is 0 Å². The summed E-state index contributed by atoms with van der Waals surface area (Å²) >= 11 is 0. The van der Waals surface area contributed by atoms with Crippen molar-refractivity contribution in [3.05, 3.63) is 29.7 Å². The Morgan fingerprint density at radius 2 is 2.06 bits per heavy atom. The van der Waals surface area contributed by atoms with Crippen molar-refractivity contribution < 1.29 is 13.2 Å². The Kier molecular flexibility index (Phi) is 2.57. The van der Waals surface area contributed by atoms with Gasteiger partial charge in [0, 0.05) is 0 Å². The van der Waals surface area contributed by atoms with Crippen LogP contribution in [0.2, 0.25) is 0 Å². The fourth-order valence-electron chi connectivity index (χ4n) is 1.45. The van der Waals surface area contributed by atoms with Gasteiger partial charge in [-0.3, -0.25) is 0 Å². The van der Waals surface area contributed by atoms with Crippen LogP contribution in [0.1, 0.15) is 24.7 Å². The van der Waals surface area contributed by atoms with Gasteiger partial charge >= 0.3 is 6.18 Å². The van der Waals surface area contributed by atoms with Crippen molar-refractivity contribution in [3.63, 3.8) is 0 Å². The smallest absolute Gasteiger partial charge is 0.223 e. The van der Waals surface area contributed by atoms with Crippen LogP contribution in [-0.4, -0.2) is 14.6 Å². The van der Waals surface area contributed by atoms with Crippen LogP contribution >= 0.6 is 0 Å². The van der Waals surface area contributed by atoms with Crippen molar-refractivity contribution in [1.29, 1.82) is 0 Å². The number of fused-ring (bicyclic) bond motifs is 1. The first-order valence-electron chi connectivity index (χ1n) is 4.93. The third kappa shape index (κ3) is 2.00. The van der Waals surface area contributed by atoms with E-state index in [0.29, 0.717) is 0 Å². The van der Waals surface area contributed by atoms with E-state index in [1.165, 1.54) is 4.52 Å². The molecule has 16 heavy (non-hydrogen) atoms. The monoisotopic (exact) mass is 229 g/mol. The Morgan fingerprint density at radius 3 is 2.69 bits per heavy atom. The Balaban J connectivity index is 2.46. The molecule has 0 aliphatic carbocycles. The van der Waals surface area contributed by atoms with Crippen molar-refractivity contribution in [2.24, 2.45) is 0 Å². The van der Waals surface area contributed by atoms with Crippen molar-refractivity contribution in [2.45, 2.75) is 25.9 Å². The molecule has 0 N–H and O–H groups in total. The van der Waals surface area contributed by atoms with E-state index < -0.39 is 11.9 Å². The lowest BCUT2D eigenvalue weighted by molar-refractivity contribution is -0.140. The number of imidazole rings is 1. The minimum Gasteiger partial charge on any atom is -0.223 e. The SMILES string of the molecule is CCCc1ccc2nc(C(F)(F)F)cn2n1. The van der Waals surface area contributed by atoms with Gasteiger partial charge in [0.1, 0.15) is 0 Å². The highest BCUT2D eigenvalue weighted by Crippen LogP contribution is 2.28. The van der Waals surface area contributed by atoms with Gasteiger partial charge in [-0.15, -0.1) is 0 Å². The summed E-state index contributed by atoms with van der Waals surface area (Å²) in [4.78, 5) is 3.46. The standard InChI is InChI=1S/C10H10F3N3/c1-2-3-7-4-5-9-14-8(10(11,12)13)6-16(9)15-7/h4-6H,2-3H2,1H3. The van der Waals surface area contributed by atoms with Crippen LogP contribution in [0.4, 0.5) is 13.2 Å². The first-order chi connectivity index (χ1) is 7.50. The molecule has 3 nitrogen and oxygen atoms in total. The van der Waals surface area contributed by atoms with E-state index in [1.54, 1.807) is 12.1 Å². The van der Waals surface area contributed by atoms with Gasteiger partial charge in [-0.1, -0.05) is 13.3 Å². The third-order valence-corrected chi connectivity index (χ3v) is 2.17. The molecule has 0 aliphatic rings. The summed E-state index contributed by atoms with van der Waals surface area (Å²) in [5.74, 6) is 0. The molecule has 2 heterocycles. The zero-order valence-electron chi connectivity index (χ0n) is 8.62. The van der Waals surface area contributed by atoms with Gasteiger partial charge in [-0.2, -0.15) is 18.3 Å². The van der Waals surface area contributed by atoms with E-state index in [2.05, 4.69) is 10.1 Å². The van der Waals surface area contributed by atoms with Crippen LogP contribution < -0.4 is 0 Å². The Bertz CT molecular complexity index is 501. The van der Waals surface area contributed by atoms with Crippen LogP contribution in [0.3, 0.4) is 0 Å². The number of alkyl halides is 3. The fraction of sp³-hybridized carbons (Fsp3) is 0.400. The van der Waals surface area contributed by atoms with Gasteiger partial charge in [0.05, 0.1) is 11.9 Å². The molecule has 0 atom stereocenters. The van der Waals surface area contributed by atoms with Gasteiger partial charge in [0.15, 0.2) is 11.3 Å². The minimum absolute atomic E-state index is 0.215. The highest BCUT2D eigenvalue weighted by Gasteiger charge is 2.34. The quantitative estimate of drug-likeness (QED) is 0.792. The first-order valence-corrected chi connectivity index (χ1v) is 4.93. The number of aryl methyl sites for hydroxylation is 1. The Hall–Kier alpha value is -1.59. The molecular formula is C10H10F3N3. The lowest BCUT2D eigenvalue weighted by atomic mass is 10.2.